The number of benzene rings is 1. The third-order valence-corrected chi connectivity index (χ3v) is 5.14. The summed E-state index contributed by atoms with van der Waals surface area (Å²) in [5.41, 5.74) is 0.331. The van der Waals surface area contributed by atoms with Gasteiger partial charge >= 0.3 is 0 Å². The average Bonchev–Trinajstić information content (AvgIpc) is 3.19. The fraction of sp³-hybridized carbons (Fsp3) is 0.462. The van der Waals surface area contributed by atoms with Crippen molar-refractivity contribution in [1.29, 1.82) is 0 Å². The van der Waals surface area contributed by atoms with Gasteiger partial charge in [-0.05, 0) is 53.4 Å². The van der Waals surface area contributed by atoms with E-state index in [1.807, 2.05) is 6.92 Å². The fourth-order valence-corrected chi connectivity index (χ4v) is 3.43. The second-order valence-corrected chi connectivity index (χ2v) is 7.36. The molecular formula is C13H17BrN2O3S. The molecule has 1 aromatic carbocycles. The maximum atomic E-state index is 12.1. The third kappa shape index (κ3) is 3.80. The molecule has 0 atom stereocenters. The SMILES string of the molecule is CCCNC(=O)c1cc(S(=O)(=O)NC2CC2)ccc1Br. The monoisotopic (exact) mass is 360 g/mol. The average molecular weight is 361 g/mol. The molecule has 0 aromatic heterocycles. The first kappa shape index (κ1) is 15.5. The first-order valence-corrected chi connectivity index (χ1v) is 8.81. The largest absolute Gasteiger partial charge is 0.352 e. The molecule has 0 unspecified atom stereocenters. The molecule has 7 heteroatoms. The number of amides is 1. The van der Waals surface area contributed by atoms with Crippen LogP contribution in [-0.4, -0.2) is 26.9 Å². The third-order valence-electron chi connectivity index (χ3n) is 2.93. The predicted octanol–water partition coefficient (Wildman–Crippen LogP) is 2.03. The van der Waals surface area contributed by atoms with Gasteiger partial charge in [0.05, 0.1) is 10.5 Å². The van der Waals surface area contributed by atoms with Crippen molar-refractivity contribution in [2.24, 2.45) is 0 Å². The van der Waals surface area contributed by atoms with E-state index in [4.69, 9.17) is 0 Å². The van der Waals surface area contributed by atoms with E-state index in [0.29, 0.717) is 16.6 Å². The van der Waals surface area contributed by atoms with Gasteiger partial charge in [0, 0.05) is 17.1 Å². The zero-order chi connectivity index (χ0) is 14.8. The van der Waals surface area contributed by atoms with Crippen molar-refractivity contribution in [3.8, 4) is 0 Å². The van der Waals surface area contributed by atoms with Crippen LogP contribution in [0.5, 0.6) is 0 Å². The summed E-state index contributed by atoms with van der Waals surface area (Å²) >= 11 is 3.28. The van der Waals surface area contributed by atoms with Crippen LogP contribution in [0.3, 0.4) is 0 Å². The minimum atomic E-state index is -3.54. The molecule has 1 saturated carbocycles. The number of hydrogen-bond donors (Lipinski definition) is 2. The summed E-state index contributed by atoms with van der Waals surface area (Å²) in [5, 5.41) is 2.74. The Morgan fingerprint density at radius 1 is 1.40 bits per heavy atom. The summed E-state index contributed by atoms with van der Waals surface area (Å²) in [6.07, 6.45) is 2.57. The standard InChI is InChI=1S/C13H17BrN2O3S/c1-2-7-15-13(17)11-8-10(5-6-12(11)14)20(18,19)16-9-3-4-9/h5-6,8-9,16H,2-4,7H2,1H3,(H,15,17). The van der Waals surface area contributed by atoms with Crippen LogP contribution in [0.2, 0.25) is 0 Å². The topological polar surface area (TPSA) is 75.3 Å². The summed E-state index contributed by atoms with van der Waals surface area (Å²) in [7, 11) is -3.54. The van der Waals surface area contributed by atoms with Gasteiger partial charge in [-0.1, -0.05) is 6.92 Å². The van der Waals surface area contributed by atoms with Gasteiger partial charge in [-0.3, -0.25) is 4.79 Å². The van der Waals surface area contributed by atoms with E-state index in [1.54, 1.807) is 6.07 Å². The van der Waals surface area contributed by atoms with Gasteiger partial charge in [-0.25, -0.2) is 13.1 Å². The molecule has 0 saturated heterocycles. The molecule has 2 N–H and O–H groups in total. The van der Waals surface area contributed by atoms with Crippen LogP contribution in [0.4, 0.5) is 0 Å². The van der Waals surface area contributed by atoms with E-state index < -0.39 is 10.0 Å². The number of sulfonamides is 1. The van der Waals surface area contributed by atoms with Crippen LogP contribution in [-0.2, 0) is 10.0 Å². The van der Waals surface area contributed by atoms with Crippen LogP contribution < -0.4 is 10.0 Å². The summed E-state index contributed by atoms with van der Waals surface area (Å²) in [4.78, 5) is 12.1. The molecule has 1 fully saturated rings. The lowest BCUT2D eigenvalue weighted by atomic mass is 10.2. The van der Waals surface area contributed by atoms with E-state index in [2.05, 4.69) is 26.0 Å². The Hall–Kier alpha value is -0.920. The van der Waals surface area contributed by atoms with Gasteiger partial charge in [0.15, 0.2) is 0 Å². The number of rotatable bonds is 6. The van der Waals surface area contributed by atoms with Crippen molar-refractivity contribution in [3.63, 3.8) is 0 Å². The fourth-order valence-electron chi connectivity index (χ4n) is 1.67. The van der Waals surface area contributed by atoms with Gasteiger partial charge in [0.1, 0.15) is 0 Å². The molecule has 1 aliphatic carbocycles. The Balaban J connectivity index is 2.25. The van der Waals surface area contributed by atoms with Crippen molar-refractivity contribution < 1.29 is 13.2 Å². The van der Waals surface area contributed by atoms with Gasteiger partial charge in [-0.15, -0.1) is 0 Å². The highest BCUT2D eigenvalue weighted by Gasteiger charge is 2.28. The maximum Gasteiger partial charge on any atom is 0.252 e. The molecular weight excluding hydrogens is 344 g/mol. The summed E-state index contributed by atoms with van der Waals surface area (Å²) in [5.74, 6) is -0.276. The maximum absolute atomic E-state index is 12.1. The molecule has 0 heterocycles. The molecule has 1 aromatic rings. The van der Waals surface area contributed by atoms with Gasteiger partial charge < -0.3 is 5.32 Å². The Kier molecular flexibility index (Phi) is 4.82. The van der Waals surface area contributed by atoms with Crippen molar-refractivity contribution in [2.45, 2.75) is 37.1 Å². The second-order valence-electron chi connectivity index (χ2n) is 4.79. The predicted molar refractivity (Wildman–Crippen MR) is 80.1 cm³/mol. The molecule has 110 valence electrons. The van der Waals surface area contributed by atoms with Crippen molar-refractivity contribution in [3.05, 3.63) is 28.2 Å². The number of halogens is 1. The molecule has 1 amide bonds. The molecule has 5 nitrogen and oxygen atoms in total. The van der Waals surface area contributed by atoms with E-state index in [0.717, 1.165) is 19.3 Å². The van der Waals surface area contributed by atoms with Gasteiger partial charge in [-0.2, -0.15) is 0 Å². The second kappa shape index (κ2) is 6.24. The first-order valence-electron chi connectivity index (χ1n) is 6.54. The summed E-state index contributed by atoms with van der Waals surface area (Å²) < 4.78 is 27.4. The lowest BCUT2D eigenvalue weighted by Gasteiger charge is -2.09. The molecule has 20 heavy (non-hydrogen) atoms. The zero-order valence-electron chi connectivity index (χ0n) is 11.1. The van der Waals surface area contributed by atoms with E-state index in [1.165, 1.54) is 12.1 Å². The van der Waals surface area contributed by atoms with Crippen LogP contribution in [0.15, 0.2) is 27.6 Å². The zero-order valence-corrected chi connectivity index (χ0v) is 13.6. The highest BCUT2D eigenvalue weighted by atomic mass is 79.9. The Morgan fingerprint density at radius 2 is 2.10 bits per heavy atom. The first-order chi connectivity index (χ1) is 9.44. The number of hydrogen-bond acceptors (Lipinski definition) is 3. The molecule has 0 aliphatic heterocycles. The van der Waals surface area contributed by atoms with Gasteiger partial charge in [0.2, 0.25) is 10.0 Å². The molecule has 1 aliphatic rings. The number of nitrogens with one attached hydrogen (secondary N) is 2. The number of carbonyl (C=O) groups is 1. The van der Waals surface area contributed by atoms with Crippen LogP contribution in [0.25, 0.3) is 0 Å². The van der Waals surface area contributed by atoms with Crippen LogP contribution in [0, 0.1) is 0 Å². The molecule has 2 rings (SSSR count). The van der Waals surface area contributed by atoms with Gasteiger partial charge in [0.25, 0.3) is 5.91 Å². The van der Waals surface area contributed by atoms with Crippen molar-refractivity contribution >= 4 is 31.9 Å². The minimum Gasteiger partial charge on any atom is -0.352 e. The lowest BCUT2D eigenvalue weighted by molar-refractivity contribution is 0.0952. The normalized spacial score (nSPS) is 15.1. The number of carbonyl (C=O) groups excluding carboxylic acids is 1. The lowest BCUT2D eigenvalue weighted by Crippen LogP contribution is -2.27. The van der Waals surface area contributed by atoms with E-state index >= 15 is 0 Å². The van der Waals surface area contributed by atoms with Crippen LogP contribution >= 0.6 is 15.9 Å². The smallest absolute Gasteiger partial charge is 0.252 e. The summed E-state index contributed by atoms with van der Waals surface area (Å²) in [6, 6.07) is 4.52. The highest BCUT2D eigenvalue weighted by molar-refractivity contribution is 9.10. The Bertz CT molecular complexity index is 612. The Labute approximate surface area is 127 Å². The van der Waals surface area contributed by atoms with E-state index in [9.17, 15) is 13.2 Å². The Morgan fingerprint density at radius 3 is 2.70 bits per heavy atom. The quantitative estimate of drug-likeness (QED) is 0.814. The minimum absolute atomic E-state index is 0.0426. The molecule has 0 radical (unpaired) electrons. The van der Waals surface area contributed by atoms with Crippen molar-refractivity contribution in [1.82, 2.24) is 10.0 Å². The van der Waals surface area contributed by atoms with Crippen LogP contribution in [0.1, 0.15) is 36.5 Å². The van der Waals surface area contributed by atoms with Crippen molar-refractivity contribution in [2.75, 3.05) is 6.54 Å². The molecule has 0 spiro atoms. The summed E-state index contributed by atoms with van der Waals surface area (Å²) in [6.45, 7) is 2.51. The highest BCUT2D eigenvalue weighted by Crippen LogP contribution is 2.25. The molecule has 0 bridgehead atoms. The van der Waals surface area contributed by atoms with E-state index in [-0.39, 0.29) is 16.8 Å².